The maximum Gasteiger partial charge on any atom is 0.254 e. The lowest BCUT2D eigenvalue weighted by Gasteiger charge is -2.27. The van der Waals surface area contributed by atoms with Crippen molar-refractivity contribution >= 4 is 29.1 Å². The van der Waals surface area contributed by atoms with Gasteiger partial charge < -0.3 is 10.0 Å². The number of phenols is 1. The number of fused-ring (bicyclic) bond motifs is 1. The lowest BCUT2D eigenvalue weighted by atomic mass is 10.0. The van der Waals surface area contributed by atoms with E-state index in [-0.39, 0.29) is 11.7 Å². The first-order chi connectivity index (χ1) is 16.5. The molecule has 0 unspecified atom stereocenters. The van der Waals surface area contributed by atoms with Crippen LogP contribution in [-0.2, 0) is 0 Å². The van der Waals surface area contributed by atoms with Crippen molar-refractivity contribution in [1.82, 2.24) is 20.1 Å². The number of benzene rings is 2. The van der Waals surface area contributed by atoms with Crippen LogP contribution >= 0.6 is 0 Å². The summed E-state index contributed by atoms with van der Waals surface area (Å²) in [6.45, 7) is 5.71. The number of H-pyrrole nitrogens is 1. The zero-order chi connectivity index (χ0) is 23.7. The topological polar surface area (TPSA) is 82.1 Å². The van der Waals surface area contributed by atoms with Crippen molar-refractivity contribution in [3.05, 3.63) is 76.5 Å². The van der Waals surface area contributed by atoms with E-state index in [4.69, 9.17) is 4.98 Å². The SMILES string of the molecule is Cc1ccc(/C=C/c2[nH]nc3nc(-c4ccc(O)cc4)cc(C(=O)N4CCCCC4)c23)c(C)c1. The molecule has 1 saturated heterocycles. The molecule has 1 fully saturated rings. The van der Waals surface area contributed by atoms with Crippen LogP contribution in [-0.4, -0.2) is 44.2 Å². The lowest BCUT2D eigenvalue weighted by Crippen LogP contribution is -2.35. The summed E-state index contributed by atoms with van der Waals surface area (Å²) in [7, 11) is 0. The predicted molar refractivity (Wildman–Crippen MR) is 136 cm³/mol. The molecule has 4 aromatic rings. The van der Waals surface area contributed by atoms with Crippen molar-refractivity contribution in [3.8, 4) is 17.0 Å². The zero-order valence-electron chi connectivity index (χ0n) is 19.5. The number of piperidine rings is 1. The van der Waals surface area contributed by atoms with Crippen LogP contribution in [0.1, 0.15) is 52.0 Å². The Labute approximate surface area is 199 Å². The highest BCUT2D eigenvalue weighted by atomic mass is 16.3. The van der Waals surface area contributed by atoms with Gasteiger partial charge in [-0.2, -0.15) is 5.10 Å². The molecule has 0 aliphatic carbocycles. The van der Waals surface area contributed by atoms with E-state index in [0.717, 1.165) is 54.6 Å². The van der Waals surface area contributed by atoms with E-state index in [1.165, 1.54) is 11.1 Å². The summed E-state index contributed by atoms with van der Waals surface area (Å²) >= 11 is 0. The van der Waals surface area contributed by atoms with Gasteiger partial charge in [-0.3, -0.25) is 9.89 Å². The number of aromatic hydroxyl groups is 1. The minimum atomic E-state index is 0.00898. The van der Waals surface area contributed by atoms with Crippen molar-refractivity contribution < 1.29 is 9.90 Å². The summed E-state index contributed by atoms with van der Waals surface area (Å²) in [5.41, 5.74) is 6.88. The van der Waals surface area contributed by atoms with Gasteiger partial charge in [-0.1, -0.05) is 29.8 Å². The number of carbonyl (C=O) groups excluding carboxylic acids is 1. The number of hydrogen-bond acceptors (Lipinski definition) is 4. The maximum atomic E-state index is 13.7. The smallest absolute Gasteiger partial charge is 0.254 e. The molecule has 34 heavy (non-hydrogen) atoms. The minimum Gasteiger partial charge on any atom is -0.508 e. The molecule has 6 heteroatoms. The van der Waals surface area contributed by atoms with Crippen molar-refractivity contribution in [2.75, 3.05) is 13.1 Å². The molecule has 0 bridgehead atoms. The average molecular weight is 453 g/mol. The lowest BCUT2D eigenvalue weighted by molar-refractivity contribution is 0.0726. The summed E-state index contributed by atoms with van der Waals surface area (Å²) in [4.78, 5) is 20.3. The molecule has 5 rings (SSSR count). The molecular weight excluding hydrogens is 424 g/mol. The second kappa shape index (κ2) is 9.14. The standard InChI is InChI=1S/C28H28N4O2/c1-18-6-7-20(19(2)16-18)10-13-24-26-23(28(34)32-14-4-3-5-15-32)17-25(29-27(26)31-30-24)21-8-11-22(33)12-9-21/h6-13,16-17,33H,3-5,14-15H2,1-2H3,(H,29,30,31)/b13-10+. The molecule has 6 nitrogen and oxygen atoms in total. The van der Waals surface area contributed by atoms with E-state index >= 15 is 0 Å². The second-order valence-corrected chi connectivity index (χ2v) is 8.98. The van der Waals surface area contributed by atoms with E-state index in [0.29, 0.717) is 16.9 Å². The van der Waals surface area contributed by atoms with Gasteiger partial charge in [0.2, 0.25) is 0 Å². The summed E-state index contributed by atoms with van der Waals surface area (Å²) < 4.78 is 0. The normalized spacial score (nSPS) is 14.2. The number of amides is 1. The monoisotopic (exact) mass is 452 g/mol. The number of carbonyl (C=O) groups is 1. The van der Waals surface area contributed by atoms with E-state index < -0.39 is 0 Å². The number of likely N-dealkylation sites (tertiary alicyclic amines) is 1. The van der Waals surface area contributed by atoms with E-state index in [2.05, 4.69) is 42.2 Å². The molecule has 3 heterocycles. The Morgan fingerprint density at radius 1 is 1.00 bits per heavy atom. The quantitative estimate of drug-likeness (QED) is 0.413. The van der Waals surface area contributed by atoms with Crippen LogP contribution in [0.5, 0.6) is 5.75 Å². The van der Waals surface area contributed by atoms with Crippen molar-refractivity contribution in [1.29, 1.82) is 0 Å². The van der Waals surface area contributed by atoms with Gasteiger partial charge in [-0.15, -0.1) is 0 Å². The zero-order valence-corrected chi connectivity index (χ0v) is 19.5. The first-order valence-corrected chi connectivity index (χ1v) is 11.7. The number of aryl methyl sites for hydroxylation is 2. The number of pyridine rings is 1. The summed E-state index contributed by atoms with van der Waals surface area (Å²) in [6, 6.07) is 15.0. The van der Waals surface area contributed by atoms with Crippen molar-refractivity contribution in [2.45, 2.75) is 33.1 Å². The molecule has 0 spiro atoms. The fourth-order valence-corrected chi connectivity index (χ4v) is 4.57. The molecule has 1 amide bonds. The number of rotatable bonds is 4. The predicted octanol–water partition coefficient (Wildman–Crippen LogP) is 5.74. The van der Waals surface area contributed by atoms with Crippen LogP contribution in [0.25, 0.3) is 34.4 Å². The Balaban J connectivity index is 1.62. The average Bonchev–Trinajstić information content (AvgIpc) is 3.26. The molecule has 1 aliphatic rings. The first kappa shape index (κ1) is 21.9. The number of aromatic nitrogens is 3. The molecular formula is C28H28N4O2. The van der Waals surface area contributed by atoms with Crippen LogP contribution in [0.3, 0.4) is 0 Å². The van der Waals surface area contributed by atoms with Crippen LogP contribution in [0.15, 0.2) is 48.5 Å². The molecule has 0 radical (unpaired) electrons. The molecule has 2 aromatic heterocycles. The highest BCUT2D eigenvalue weighted by molar-refractivity contribution is 6.09. The Morgan fingerprint density at radius 2 is 1.76 bits per heavy atom. The minimum absolute atomic E-state index is 0.00898. The third-order valence-electron chi connectivity index (χ3n) is 6.44. The third kappa shape index (κ3) is 4.31. The Bertz CT molecular complexity index is 1380. The van der Waals surface area contributed by atoms with Crippen LogP contribution < -0.4 is 0 Å². The largest absolute Gasteiger partial charge is 0.508 e. The van der Waals surface area contributed by atoms with E-state index in [1.807, 2.05) is 23.1 Å². The van der Waals surface area contributed by atoms with Crippen LogP contribution in [0.4, 0.5) is 0 Å². The number of nitrogens with zero attached hydrogens (tertiary/aromatic N) is 3. The third-order valence-corrected chi connectivity index (χ3v) is 6.44. The van der Waals surface area contributed by atoms with Gasteiger partial charge in [0.05, 0.1) is 22.3 Å². The Hall–Kier alpha value is -3.93. The number of hydrogen-bond donors (Lipinski definition) is 2. The number of aromatic amines is 1. The second-order valence-electron chi connectivity index (χ2n) is 8.98. The molecule has 0 saturated carbocycles. The van der Waals surface area contributed by atoms with Gasteiger partial charge in [0.1, 0.15) is 5.75 Å². The van der Waals surface area contributed by atoms with Gasteiger partial charge in [-0.05, 0) is 80.6 Å². The van der Waals surface area contributed by atoms with Gasteiger partial charge in [-0.25, -0.2) is 4.98 Å². The Morgan fingerprint density at radius 3 is 2.50 bits per heavy atom. The number of nitrogens with one attached hydrogen (secondary N) is 1. The van der Waals surface area contributed by atoms with E-state index in [1.54, 1.807) is 24.3 Å². The first-order valence-electron chi connectivity index (χ1n) is 11.7. The summed E-state index contributed by atoms with van der Waals surface area (Å²) in [5.74, 6) is 0.197. The molecule has 172 valence electrons. The van der Waals surface area contributed by atoms with Crippen molar-refractivity contribution in [2.24, 2.45) is 0 Å². The highest BCUT2D eigenvalue weighted by Crippen LogP contribution is 2.29. The van der Waals surface area contributed by atoms with E-state index in [9.17, 15) is 9.90 Å². The van der Waals surface area contributed by atoms with Gasteiger partial charge in [0, 0.05) is 18.7 Å². The maximum absolute atomic E-state index is 13.7. The summed E-state index contributed by atoms with van der Waals surface area (Å²) in [6.07, 6.45) is 7.22. The molecule has 2 N–H and O–H groups in total. The van der Waals surface area contributed by atoms with Gasteiger partial charge >= 0.3 is 0 Å². The fraction of sp³-hybridized carbons (Fsp3) is 0.250. The van der Waals surface area contributed by atoms with Gasteiger partial charge in [0.25, 0.3) is 5.91 Å². The van der Waals surface area contributed by atoms with Crippen molar-refractivity contribution in [3.63, 3.8) is 0 Å². The summed E-state index contributed by atoms with van der Waals surface area (Å²) in [5, 5.41) is 18.0. The molecule has 0 atom stereocenters. The Kier molecular flexibility index (Phi) is 5.88. The molecule has 2 aromatic carbocycles. The highest BCUT2D eigenvalue weighted by Gasteiger charge is 2.24. The molecule has 1 aliphatic heterocycles. The van der Waals surface area contributed by atoms with Gasteiger partial charge in [0.15, 0.2) is 5.65 Å². The number of phenolic OH excluding ortho intramolecular Hbond substituents is 1. The fourth-order valence-electron chi connectivity index (χ4n) is 4.57. The van der Waals surface area contributed by atoms with Crippen LogP contribution in [0.2, 0.25) is 0 Å². The van der Waals surface area contributed by atoms with Crippen LogP contribution in [0, 0.1) is 13.8 Å².